The van der Waals surface area contributed by atoms with Crippen molar-refractivity contribution in [3.05, 3.63) is 87.9 Å². The third-order valence-corrected chi connectivity index (χ3v) is 8.21. The standard InChI is InChI=1S/C34H42N4O8S/c1-22-35-18-28(47-22)32(42)38-27(21-45-5)31(41)37-26(20-44-4)30(40)36-25(17-16-23-12-8-6-9-13-23)29(39)34(2,3)33(43)46-19-24-14-10-7-11-15-24/h6-15,18,25-27H,16-17,19-21H2,1-5H3,(H,36,40)(H,37,41)(H,38,42)/t25-,26-,27-/m0/s1. The fraction of sp³-hybridized carbons (Fsp3) is 0.412. The van der Waals surface area contributed by atoms with Crippen LogP contribution >= 0.6 is 11.3 Å². The number of nitrogens with zero attached hydrogens (tertiary/aromatic N) is 1. The van der Waals surface area contributed by atoms with Crippen molar-refractivity contribution in [3.63, 3.8) is 0 Å². The first-order valence-corrected chi connectivity index (χ1v) is 15.9. The van der Waals surface area contributed by atoms with Gasteiger partial charge in [0.05, 0.1) is 30.5 Å². The minimum Gasteiger partial charge on any atom is -0.460 e. The molecule has 13 heteroatoms. The van der Waals surface area contributed by atoms with Gasteiger partial charge in [0.2, 0.25) is 11.8 Å². The fourth-order valence-electron chi connectivity index (χ4n) is 4.60. The van der Waals surface area contributed by atoms with Crippen molar-refractivity contribution in [2.45, 2.75) is 58.3 Å². The molecule has 3 amide bonds. The highest BCUT2D eigenvalue weighted by Crippen LogP contribution is 2.24. The molecule has 12 nitrogen and oxygen atoms in total. The minimum absolute atomic E-state index is 0.0127. The Balaban J connectivity index is 1.76. The van der Waals surface area contributed by atoms with Crippen molar-refractivity contribution >= 4 is 40.8 Å². The molecule has 0 saturated heterocycles. The van der Waals surface area contributed by atoms with Gasteiger partial charge < -0.3 is 30.2 Å². The Labute approximate surface area is 278 Å². The van der Waals surface area contributed by atoms with Gasteiger partial charge >= 0.3 is 5.97 Å². The first kappa shape index (κ1) is 37.0. The van der Waals surface area contributed by atoms with Crippen LogP contribution in [0.5, 0.6) is 0 Å². The summed E-state index contributed by atoms with van der Waals surface area (Å²) < 4.78 is 15.8. The normalized spacial score (nSPS) is 13.1. The molecule has 3 atom stereocenters. The predicted octanol–water partition coefficient (Wildman–Crippen LogP) is 2.78. The molecule has 3 rings (SSSR count). The Hall–Kier alpha value is -4.46. The van der Waals surface area contributed by atoms with Crippen molar-refractivity contribution < 1.29 is 38.2 Å². The second-order valence-electron chi connectivity index (χ2n) is 11.4. The minimum atomic E-state index is -1.60. The predicted molar refractivity (Wildman–Crippen MR) is 176 cm³/mol. The van der Waals surface area contributed by atoms with E-state index in [0.717, 1.165) is 11.1 Å². The molecule has 0 bridgehead atoms. The van der Waals surface area contributed by atoms with Crippen molar-refractivity contribution in [1.29, 1.82) is 0 Å². The van der Waals surface area contributed by atoms with Gasteiger partial charge in [-0.3, -0.25) is 24.0 Å². The summed E-state index contributed by atoms with van der Waals surface area (Å²) in [6, 6.07) is 15.0. The molecule has 0 saturated carbocycles. The molecule has 0 spiro atoms. The summed E-state index contributed by atoms with van der Waals surface area (Å²) in [6.45, 7) is 4.25. The van der Waals surface area contributed by atoms with Crippen LogP contribution in [-0.4, -0.2) is 80.0 Å². The lowest BCUT2D eigenvalue weighted by Crippen LogP contribution is -2.59. The Morgan fingerprint density at radius 2 is 1.32 bits per heavy atom. The number of benzene rings is 2. The molecule has 0 aliphatic heterocycles. The highest BCUT2D eigenvalue weighted by molar-refractivity contribution is 7.13. The third-order valence-electron chi connectivity index (χ3n) is 7.30. The molecule has 3 aromatic rings. The molecule has 3 N–H and O–H groups in total. The van der Waals surface area contributed by atoms with Crippen LogP contribution in [0.2, 0.25) is 0 Å². The molecule has 0 aliphatic rings. The van der Waals surface area contributed by atoms with Crippen molar-refractivity contribution in [2.24, 2.45) is 5.41 Å². The maximum atomic E-state index is 13.9. The highest BCUT2D eigenvalue weighted by atomic mass is 32.1. The van der Waals surface area contributed by atoms with Gasteiger partial charge in [-0.2, -0.15) is 0 Å². The molecular formula is C34H42N4O8S. The first-order chi connectivity index (χ1) is 22.5. The van der Waals surface area contributed by atoms with E-state index in [1.807, 2.05) is 48.5 Å². The van der Waals surface area contributed by atoms with Crippen LogP contribution in [0.1, 0.15) is 46.1 Å². The molecule has 2 aromatic carbocycles. The summed E-state index contributed by atoms with van der Waals surface area (Å²) in [7, 11) is 2.73. The van der Waals surface area contributed by atoms with Crippen LogP contribution in [0.25, 0.3) is 0 Å². The number of thiazole rings is 1. The number of esters is 1. The van der Waals surface area contributed by atoms with Gasteiger partial charge in [0.1, 0.15) is 29.0 Å². The Morgan fingerprint density at radius 1 is 0.787 bits per heavy atom. The number of rotatable bonds is 18. The summed E-state index contributed by atoms with van der Waals surface area (Å²) in [4.78, 5) is 71.1. The molecule has 1 heterocycles. The zero-order valence-electron chi connectivity index (χ0n) is 27.2. The SMILES string of the molecule is COC[C@H](NC(=O)c1cnc(C)s1)C(=O)N[C@@H](COC)C(=O)N[C@@H](CCc1ccccc1)C(=O)C(C)(C)C(=O)OCc1ccccc1. The molecule has 0 fully saturated rings. The summed E-state index contributed by atoms with van der Waals surface area (Å²) in [5.74, 6) is -3.21. The largest absolute Gasteiger partial charge is 0.460 e. The van der Waals surface area contributed by atoms with Gasteiger partial charge in [-0.05, 0) is 44.7 Å². The molecule has 0 aliphatic carbocycles. The lowest BCUT2D eigenvalue weighted by molar-refractivity contribution is -0.160. The van der Waals surface area contributed by atoms with Crippen LogP contribution in [0.4, 0.5) is 0 Å². The zero-order chi connectivity index (χ0) is 34.4. The van der Waals surface area contributed by atoms with Crippen LogP contribution < -0.4 is 16.0 Å². The van der Waals surface area contributed by atoms with Gasteiger partial charge in [0, 0.05) is 14.2 Å². The van der Waals surface area contributed by atoms with Crippen LogP contribution in [0, 0.1) is 12.3 Å². The Kier molecular flexibility index (Phi) is 14.2. The molecule has 47 heavy (non-hydrogen) atoms. The van der Waals surface area contributed by atoms with Gasteiger partial charge in [0.25, 0.3) is 5.91 Å². The quantitative estimate of drug-likeness (QED) is 0.137. The van der Waals surface area contributed by atoms with Crippen LogP contribution in [0.3, 0.4) is 0 Å². The van der Waals surface area contributed by atoms with Gasteiger partial charge in [0.15, 0.2) is 5.78 Å². The zero-order valence-corrected chi connectivity index (χ0v) is 28.1. The van der Waals surface area contributed by atoms with E-state index in [1.54, 1.807) is 19.1 Å². The van der Waals surface area contributed by atoms with Crippen LogP contribution in [0.15, 0.2) is 66.9 Å². The number of ketones is 1. The molecule has 252 valence electrons. The summed E-state index contributed by atoms with van der Waals surface area (Å²) in [6.07, 6.45) is 2.00. The average molecular weight is 667 g/mol. The summed E-state index contributed by atoms with van der Waals surface area (Å²) in [5, 5.41) is 8.62. The lowest BCUT2D eigenvalue weighted by atomic mass is 9.82. The topological polar surface area (TPSA) is 162 Å². The second kappa shape index (κ2) is 18.0. The Morgan fingerprint density at radius 3 is 1.85 bits per heavy atom. The molecule has 0 unspecified atom stereocenters. The van der Waals surface area contributed by atoms with E-state index < -0.39 is 53.0 Å². The number of carbonyl (C=O) groups is 5. The number of hydrogen-bond acceptors (Lipinski definition) is 10. The summed E-state index contributed by atoms with van der Waals surface area (Å²) >= 11 is 1.17. The number of methoxy groups -OCH3 is 2. The fourth-order valence-corrected chi connectivity index (χ4v) is 5.28. The summed E-state index contributed by atoms with van der Waals surface area (Å²) in [5.41, 5.74) is 0.0908. The van der Waals surface area contributed by atoms with Crippen molar-refractivity contribution in [3.8, 4) is 0 Å². The third kappa shape index (κ3) is 11.1. The first-order valence-electron chi connectivity index (χ1n) is 15.1. The molecule has 0 radical (unpaired) electrons. The number of ether oxygens (including phenoxy) is 3. The number of amides is 3. The maximum Gasteiger partial charge on any atom is 0.319 e. The van der Waals surface area contributed by atoms with Crippen molar-refractivity contribution in [1.82, 2.24) is 20.9 Å². The van der Waals surface area contributed by atoms with Gasteiger partial charge in [-0.1, -0.05) is 60.7 Å². The van der Waals surface area contributed by atoms with E-state index in [0.29, 0.717) is 16.3 Å². The van der Waals surface area contributed by atoms with E-state index >= 15 is 0 Å². The van der Waals surface area contributed by atoms with E-state index in [-0.39, 0.29) is 26.2 Å². The molecular weight excluding hydrogens is 624 g/mol. The average Bonchev–Trinajstić information content (AvgIpc) is 3.51. The van der Waals surface area contributed by atoms with Crippen molar-refractivity contribution in [2.75, 3.05) is 27.4 Å². The number of aromatic nitrogens is 1. The smallest absolute Gasteiger partial charge is 0.319 e. The van der Waals surface area contributed by atoms with E-state index in [1.165, 1.54) is 45.6 Å². The second-order valence-corrected chi connectivity index (χ2v) is 12.6. The highest BCUT2D eigenvalue weighted by Gasteiger charge is 2.42. The lowest BCUT2D eigenvalue weighted by Gasteiger charge is -2.29. The van der Waals surface area contributed by atoms with Crippen LogP contribution in [-0.2, 0) is 46.4 Å². The van der Waals surface area contributed by atoms with E-state index in [2.05, 4.69) is 20.9 Å². The van der Waals surface area contributed by atoms with E-state index in [9.17, 15) is 24.0 Å². The maximum absolute atomic E-state index is 13.9. The number of aryl methyl sites for hydroxylation is 2. The number of hydrogen-bond donors (Lipinski definition) is 3. The van der Waals surface area contributed by atoms with E-state index in [4.69, 9.17) is 14.2 Å². The molecule has 1 aromatic heterocycles. The Bertz CT molecular complexity index is 1500. The number of carbonyl (C=O) groups excluding carboxylic acids is 5. The van der Waals surface area contributed by atoms with Gasteiger partial charge in [-0.25, -0.2) is 4.98 Å². The monoisotopic (exact) mass is 666 g/mol. The number of Topliss-reactive ketones (excluding diaryl/α,β-unsaturated/α-hetero) is 1. The number of nitrogens with one attached hydrogen (secondary N) is 3. The van der Waals surface area contributed by atoms with Gasteiger partial charge in [-0.15, -0.1) is 11.3 Å².